The van der Waals surface area contributed by atoms with Crippen molar-refractivity contribution in [1.82, 2.24) is 0 Å². The van der Waals surface area contributed by atoms with Crippen molar-refractivity contribution in [3.63, 3.8) is 0 Å². The minimum atomic E-state index is -0.383. The molecule has 1 aromatic rings. The fraction of sp³-hybridized carbons (Fsp3) is 0.300. The van der Waals surface area contributed by atoms with Gasteiger partial charge in [-0.1, -0.05) is 27.5 Å². The predicted molar refractivity (Wildman–Crippen MR) is 59.7 cm³/mol. The number of alkyl halides is 1. The first-order chi connectivity index (χ1) is 7.22. The Kier molecular flexibility index (Phi) is 3.03. The van der Waals surface area contributed by atoms with E-state index in [4.69, 9.17) is 26.3 Å². The molecule has 0 bridgehead atoms. The second-order valence-electron chi connectivity index (χ2n) is 3.02. The van der Waals surface area contributed by atoms with Crippen LogP contribution in [0.2, 0.25) is 5.02 Å². The van der Waals surface area contributed by atoms with Crippen LogP contribution in [0.3, 0.4) is 0 Å². The van der Waals surface area contributed by atoms with Gasteiger partial charge in [-0.15, -0.1) is 0 Å². The normalized spacial score (nSPS) is 15.5. The molecule has 1 atom stereocenters. The number of rotatable bonds is 1. The monoisotopic (exact) mass is 287 g/mol. The van der Waals surface area contributed by atoms with Crippen LogP contribution in [0.25, 0.3) is 0 Å². The standard InChI is InChI=1S/C10H7BrClNO2/c11-7(5-13)6-3-8(12)10-9(4-6)14-1-2-15-10/h3-4,7H,1-2H2. The first kappa shape index (κ1) is 10.6. The third kappa shape index (κ3) is 2.04. The molecule has 0 amide bonds. The van der Waals surface area contributed by atoms with Crippen molar-refractivity contribution in [1.29, 1.82) is 5.26 Å². The molecule has 0 saturated heterocycles. The number of ether oxygens (including phenoxy) is 2. The lowest BCUT2D eigenvalue weighted by Gasteiger charge is -2.20. The van der Waals surface area contributed by atoms with Gasteiger partial charge in [-0.3, -0.25) is 0 Å². The molecule has 1 aromatic carbocycles. The summed E-state index contributed by atoms with van der Waals surface area (Å²) in [6.07, 6.45) is 0. The summed E-state index contributed by atoms with van der Waals surface area (Å²) < 4.78 is 10.8. The Bertz CT molecular complexity index is 430. The molecule has 0 spiro atoms. The quantitative estimate of drug-likeness (QED) is 0.746. The van der Waals surface area contributed by atoms with Crippen molar-refractivity contribution >= 4 is 27.5 Å². The molecular weight excluding hydrogens is 281 g/mol. The van der Waals surface area contributed by atoms with Crippen LogP contribution in [0.1, 0.15) is 10.4 Å². The van der Waals surface area contributed by atoms with Gasteiger partial charge in [0, 0.05) is 0 Å². The molecule has 0 aromatic heterocycles. The Labute approximate surface area is 101 Å². The summed E-state index contributed by atoms with van der Waals surface area (Å²) in [5.41, 5.74) is 0.770. The van der Waals surface area contributed by atoms with Crippen LogP contribution < -0.4 is 9.47 Å². The third-order valence-corrected chi connectivity index (χ3v) is 3.04. The van der Waals surface area contributed by atoms with Crippen LogP contribution in [0.15, 0.2) is 12.1 Å². The summed E-state index contributed by atoms with van der Waals surface area (Å²) in [4.78, 5) is -0.383. The predicted octanol–water partition coefficient (Wildman–Crippen LogP) is 3.07. The molecular formula is C10H7BrClNO2. The van der Waals surface area contributed by atoms with Gasteiger partial charge in [0.2, 0.25) is 0 Å². The van der Waals surface area contributed by atoms with Crippen molar-refractivity contribution in [3.8, 4) is 17.6 Å². The average Bonchev–Trinajstić information content (AvgIpc) is 2.28. The number of nitrogens with zero attached hydrogens (tertiary/aromatic N) is 1. The molecule has 1 aliphatic rings. The Balaban J connectivity index is 2.46. The molecule has 1 heterocycles. The van der Waals surface area contributed by atoms with E-state index in [9.17, 15) is 0 Å². The molecule has 1 aliphatic heterocycles. The van der Waals surface area contributed by atoms with Crippen molar-refractivity contribution < 1.29 is 9.47 Å². The molecule has 0 N–H and O–H groups in total. The maximum absolute atomic E-state index is 8.77. The van der Waals surface area contributed by atoms with Crippen LogP contribution >= 0.6 is 27.5 Å². The fourth-order valence-electron chi connectivity index (χ4n) is 1.35. The summed E-state index contributed by atoms with van der Waals surface area (Å²) in [7, 11) is 0. The number of fused-ring (bicyclic) bond motifs is 1. The number of nitriles is 1. The molecule has 1 unspecified atom stereocenters. The van der Waals surface area contributed by atoms with E-state index >= 15 is 0 Å². The lowest BCUT2D eigenvalue weighted by atomic mass is 10.1. The second-order valence-corrected chi connectivity index (χ2v) is 4.34. The number of benzene rings is 1. The minimum absolute atomic E-state index is 0.383. The molecule has 15 heavy (non-hydrogen) atoms. The molecule has 0 saturated carbocycles. The number of hydrogen-bond donors (Lipinski definition) is 0. The summed E-state index contributed by atoms with van der Waals surface area (Å²) >= 11 is 9.24. The number of hydrogen-bond acceptors (Lipinski definition) is 3. The molecule has 5 heteroatoms. The first-order valence-electron chi connectivity index (χ1n) is 4.35. The SMILES string of the molecule is N#CC(Br)c1cc(Cl)c2c(c1)OCCO2. The van der Waals surface area contributed by atoms with Crippen molar-refractivity contribution in [3.05, 3.63) is 22.7 Å². The molecule has 3 nitrogen and oxygen atoms in total. The second kappa shape index (κ2) is 4.30. The van der Waals surface area contributed by atoms with Crippen LogP contribution in [-0.2, 0) is 0 Å². The Morgan fingerprint density at radius 1 is 1.40 bits per heavy atom. The van der Waals surface area contributed by atoms with E-state index < -0.39 is 0 Å². The van der Waals surface area contributed by atoms with E-state index in [-0.39, 0.29) is 4.83 Å². The van der Waals surface area contributed by atoms with Crippen molar-refractivity contribution in [2.75, 3.05) is 13.2 Å². The smallest absolute Gasteiger partial charge is 0.179 e. The lowest BCUT2D eigenvalue weighted by molar-refractivity contribution is 0.171. The van der Waals surface area contributed by atoms with Gasteiger partial charge in [-0.25, -0.2) is 0 Å². The minimum Gasteiger partial charge on any atom is -0.486 e. The van der Waals surface area contributed by atoms with Crippen LogP contribution in [0, 0.1) is 11.3 Å². The van der Waals surface area contributed by atoms with Crippen molar-refractivity contribution in [2.24, 2.45) is 0 Å². The first-order valence-corrected chi connectivity index (χ1v) is 5.64. The van der Waals surface area contributed by atoms with Gasteiger partial charge in [0.05, 0.1) is 11.1 Å². The van der Waals surface area contributed by atoms with Crippen molar-refractivity contribution in [2.45, 2.75) is 4.83 Å². The van der Waals surface area contributed by atoms with Crippen LogP contribution in [-0.4, -0.2) is 13.2 Å². The van der Waals surface area contributed by atoms with E-state index in [1.165, 1.54) is 0 Å². The summed E-state index contributed by atoms with van der Waals surface area (Å²) in [6.45, 7) is 1.01. The molecule has 2 rings (SSSR count). The zero-order valence-corrected chi connectivity index (χ0v) is 10.0. The summed E-state index contributed by atoms with van der Waals surface area (Å²) in [5, 5.41) is 9.25. The van der Waals surface area contributed by atoms with Crippen LogP contribution in [0.4, 0.5) is 0 Å². The van der Waals surface area contributed by atoms with Gasteiger partial charge in [-0.05, 0) is 17.7 Å². The van der Waals surface area contributed by atoms with Gasteiger partial charge in [0.25, 0.3) is 0 Å². The van der Waals surface area contributed by atoms with E-state index in [0.717, 1.165) is 5.56 Å². The highest BCUT2D eigenvalue weighted by Gasteiger charge is 2.18. The Hall–Kier alpha value is -0.920. The van der Waals surface area contributed by atoms with Gasteiger partial charge in [-0.2, -0.15) is 5.26 Å². The maximum atomic E-state index is 8.77. The van der Waals surface area contributed by atoms with Gasteiger partial charge in [0.15, 0.2) is 11.5 Å². The number of halogens is 2. The van der Waals surface area contributed by atoms with Gasteiger partial charge >= 0.3 is 0 Å². The van der Waals surface area contributed by atoms with E-state index in [1.807, 2.05) is 0 Å². The third-order valence-electron chi connectivity index (χ3n) is 2.03. The zero-order chi connectivity index (χ0) is 10.8. The Morgan fingerprint density at radius 3 is 2.87 bits per heavy atom. The molecule has 0 fully saturated rings. The Morgan fingerprint density at radius 2 is 2.13 bits per heavy atom. The highest BCUT2D eigenvalue weighted by molar-refractivity contribution is 9.09. The lowest BCUT2D eigenvalue weighted by Crippen LogP contribution is -2.15. The fourth-order valence-corrected chi connectivity index (χ4v) is 1.89. The van der Waals surface area contributed by atoms with E-state index in [1.54, 1.807) is 12.1 Å². The summed E-state index contributed by atoms with van der Waals surface area (Å²) in [6, 6.07) is 5.55. The zero-order valence-electron chi connectivity index (χ0n) is 7.67. The van der Waals surface area contributed by atoms with Gasteiger partial charge in [0.1, 0.15) is 18.0 Å². The van der Waals surface area contributed by atoms with Crippen LogP contribution in [0.5, 0.6) is 11.5 Å². The maximum Gasteiger partial charge on any atom is 0.179 e. The van der Waals surface area contributed by atoms with E-state index in [2.05, 4.69) is 22.0 Å². The largest absolute Gasteiger partial charge is 0.486 e. The average molecular weight is 289 g/mol. The molecule has 0 radical (unpaired) electrons. The summed E-state index contributed by atoms with van der Waals surface area (Å²) in [5.74, 6) is 1.16. The van der Waals surface area contributed by atoms with E-state index in [0.29, 0.717) is 29.7 Å². The molecule has 0 aliphatic carbocycles. The highest BCUT2D eigenvalue weighted by atomic mass is 79.9. The topological polar surface area (TPSA) is 42.2 Å². The molecule has 78 valence electrons. The highest BCUT2D eigenvalue weighted by Crippen LogP contribution is 2.40. The van der Waals surface area contributed by atoms with Gasteiger partial charge < -0.3 is 9.47 Å².